The van der Waals surface area contributed by atoms with Crippen LogP contribution in [-0.4, -0.2) is 25.4 Å². The van der Waals surface area contributed by atoms with E-state index in [9.17, 15) is 14.4 Å². The molecule has 0 aromatic carbocycles. The topological polar surface area (TPSA) is 89.8 Å². The van der Waals surface area contributed by atoms with Crippen LogP contribution < -0.4 is 11.2 Å². The van der Waals surface area contributed by atoms with Crippen LogP contribution in [0.1, 0.15) is 32.1 Å². The smallest absolute Gasteiger partial charge is 0.328 e. The molecule has 7 heteroatoms. The number of rotatable bonds is 7. The summed E-state index contributed by atoms with van der Waals surface area (Å²) in [5, 5.41) is 0. The van der Waals surface area contributed by atoms with E-state index in [1.165, 1.54) is 10.9 Å². The highest BCUT2D eigenvalue weighted by Crippen LogP contribution is 2.07. The maximum absolute atomic E-state index is 11.8. The first-order chi connectivity index (χ1) is 9.65. The number of H-pyrrole nitrogens is 1. The number of nitrogens with zero attached hydrogens (tertiary/aromatic N) is 3. The Morgan fingerprint density at radius 1 is 1.25 bits per heavy atom. The van der Waals surface area contributed by atoms with Gasteiger partial charge in [-0.1, -0.05) is 12.8 Å². The summed E-state index contributed by atoms with van der Waals surface area (Å²) < 4.78 is 3.10. The molecule has 7 nitrogen and oxygen atoms in total. The Balaban J connectivity index is 2.12. The summed E-state index contributed by atoms with van der Waals surface area (Å²) >= 11 is 0. The number of aryl methyl sites for hydroxylation is 2. The predicted molar refractivity (Wildman–Crippen MR) is 74.7 cm³/mol. The molecule has 0 bridgehead atoms. The Kier molecular flexibility index (Phi) is 4.49. The summed E-state index contributed by atoms with van der Waals surface area (Å²) in [5.74, 6) is 0. The van der Waals surface area contributed by atoms with E-state index < -0.39 is 11.2 Å². The quantitative estimate of drug-likeness (QED) is 0.592. The maximum Gasteiger partial charge on any atom is 0.330 e. The molecule has 0 saturated heterocycles. The molecule has 1 N–H and O–H groups in total. The van der Waals surface area contributed by atoms with Gasteiger partial charge in [-0.25, -0.2) is 9.78 Å². The molecule has 2 aromatic heterocycles. The predicted octanol–water partition coefficient (Wildman–Crippen LogP) is 0.573. The molecule has 2 aromatic rings. The van der Waals surface area contributed by atoms with E-state index in [-0.39, 0.29) is 0 Å². The molecule has 0 atom stereocenters. The van der Waals surface area contributed by atoms with Gasteiger partial charge in [0.25, 0.3) is 5.56 Å². The molecule has 2 rings (SSSR count). The van der Waals surface area contributed by atoms with Gasteiger partial charge in [0.1, 0.15) is 6.29 Å². The van der Waals surface area contributed by atoms with E-state index in [1.54, 1.807) is 11.6 Å². The Labute approximate surface area is 115 Å². The zero-order chi connectivity index (χ0) is 14.5. The number of unbranched alkanes of at least 4 members (excludes halogenated alkanes) is 4. The van der Waals surface area contributed by atoms with Gasteiger partial charge >= 0.3 is 5.69 Å². The monoisotopic (exact) mass is 278 g/mol. The van der Waals surface area contributed by atoms with Gasteiger partial charge < -0.3 is 9.36 Å². The van der Waals surface area contributed by atoms with Crippen molar-refractivity contribution < 1.29 is 4.79 Å². The first-order valence-electron chi connectivity index (χ1n) is 6.73. The van der Waals surface area contributed by atoms with E-state index in [2.05, 4.69) is 9.97 Å². The summed E-state index contributed by atoms with van der Waals surface area (Å²) in [5.41, 5.74) is 0.000945. The van der Waals surface area contributed by atoms with E-state index in [4.69, 9.17) is 0 Å². The highest BCUT2D eigenvalue weighted by atomic mass is 16.2. The standard InChI is InChI=1S/C13H18N4O3/c1-16-9-14-11-10(16)12(19)15-13(20)17(11)7-5-3-2-4-6-8-18/h8-9H,2-7H2,1H3,(H,15,19,20). The third kappa shape index (κ3) is 2.87. The highest BCUT2D eigenvalue weighted by Gasteiger charge is 2.11. The van der Waals surface area contributed by atoms with E-state index in [0.29, 0.717) is 24.1 Å². The molecule has 0 radical (unpaired) electrons. The molecular weight excluding hydrogens is 260 g/mol. The largest absolute Gasteiger partial charge is 0.330 e. The third-order valence-corrected chi connectivity index (χ3v) is 3.31. The number of hydrogen-bond acceptors (Lipinski definition) is 4. The van der Waals surface area contributed by atoms with Crippen LogP contribution in [0.3, 0.4) is 0 Å². The van der Waals surface area contributed by atoms with E-state index in [1.807, 2.05) is 0 Å². The van der Waals surface area contributed by atoms with Crippen LogP contribution in [0.25, 0.3) is 11.2 Å². The number of aldehydes is 1. The number of fused-ring (bicyclic) bond motifs is 1. The molecule has 0 fully saturated rings. The molecule has 0 aliphatic carbocycles. The molecule has 108 valence electrons. The second kappa shape index (κ2) is 6.31. The Bertz CT molecular complexity index is 710. The minimum atomic E-state index is -0.422. The third-order valence-electron chi connectivity index (χ3n) is 3.31. The van der Waals surface area contributed by atoms with Gasteiger partial charge in [0.05, 0.1) is 6.33 Å². The second-order valence-corrected chi connectivity index (χ2v) is 4.81. The average Bonchev–Trinajstić information content (AvgIpc) is 2.79. The lowest BCUT2D eigenvalue weighted by atomic mass is 10.1. The van der Waals surface area contributed by atoms with Crippen molar-refractivity contribution in [2.45, 2.75) is 38.6 Å². The molecule has 0 aliphatic heterocycles. The van der Waals surface area contributed by atoms with Crippen LogP contribution in [0.15, 0.2) is 15.9 Å². The van der Waals surface area contributed by atoms with Crippen molar-refractivity contribution in [2.24, 2.45) is 7.05 Å². The van der Waals surface area contributed by atoms with Crippen molar-refractivity contribution in [3.8, 4) is 0 Å². The van der Waals surface area contributed by atoms with Gasteiger partial charge in [-0.3, -0.25) is 14.3 Å². The fourth-order valence-electron chi connectivity index (χ4n) is 2.26. The zero-order valence-electron chi connectivity index (χ0n) is 11.5. The second-order valence-electron chi connectivity index (χ2n) is 4.81. The number of carbonyl (C=O) groups excluding carboxylic acids is 1. The number of aromatic nitrogens is 4. The average molecular weight is 278 g/mol. The van der Waals surface area contributed by atoms with Gasteiger partial charge in [-0.15, -0.1) is 0 Å². The number of aromatic amines is 1. The van der Waals surface area contributed by atoms with Crippen LogP contribution in [0.5, 0.6) is 0 Å². The lowest BCUT2D eigenvalue weighted by Crippen LogP contribution is -2.31. The van der Waals surface area contributed by atoms with Crippen molar-refractivity contribution in [3.05, 3.63) is 27.2 Å². The molecule has 0 unspecified atom stereocenters. The van der Waals surface area contributed by atoms with Crippen LogP contribution in [0.2, 0.25) is 0 Å². The Morgan fingerprint density at radius 3 is 2.75 bits per heavy atom. The zero-order valence-corrected chi connectivity index (χ0v) is 11.5. The number of hydrogen-bond donors (Lipinski definition) is 1. The van der Waals surface area contributed by atoms with Crippen molar-refractivity contribution in [3.63, 3.8) is 0 Å². The molecule has 0 saturated carbocycles. The minimum absolute atomic E-state index is 0.408. The van der Waals surface area contributed by atoms with Gasteiger partial charge in [0, 0.05) is 20.0 Å². The maximum atomic E-state index is 11.8. The van der Waals surface area contributed by atoms with Crippen molar-refractivity contribution >= 4 is 17.5 Å². The normalized spacial score (nSPS) is 11.1. The number of carbonyl (C=O) groups is 1. The minimum Gasteiger partial charge on any atom is -0.328 e. The van der Waals surface area contributed by atoms with E-state index in [0.717, 1.165) is 32.0 Å². The summed E-state index contributed by atoms with van der Waals surface area (Å²) in [4.78, 5) is 40.2. The lowest BCUT2D eigenvalue weighted by molar-refractivity contribution is -0.107. The summed E-state index contributed by atoms with van der Waals surface area (Å²) in [6.07, 6.45) is 6.63. The van der Waals surface area contributed by atoms with Gasteiger partial charge in [0.15, 0.2) is 11.2 Å². The van der Waals surface area contributed by atoms with E-state index >= 15 is 0 Å². The molecule has 0 amide bonds. The molecule has 0 spiro atoms. The first-order valence-corrected chi connectivity index (χ1v) is 6.73. The molecule has 20 heavy (non-hydrogen) atoms. The van der Waals surface area contributed by atoms with Crippen molar-refractivity contribution in [1.82, 2.24) is 19.1 Å². The SMILES string of the molecule is Cn1cnc2c1c(=O)[nH]c(=O)n2CCCCCCC=O. The van der Waals surface area contributed by atoms with Crippen LogP contribution >= 0.6 is 0 Å². The number of nitrogens with one attached hydrogen (secondary N) is 1. The van der Waals surface area contributed by atoms with Gasteiger partial charge in [-0.05, 0) is 12.8 Å². The molecule has 0 aliphatic rings. The summed E-state index contributed by atoms with van der Waals surface area (Å²) in [6, 6.07) is 0. The van der Waals surface area contributed by atoms with Crippen LogP contribution in [0.4, 0.5) is 0 Å². The summed E-state index contributed by atoms with van der Waals surface area (Å²) in [6.45, 7) is 0.518. The van der Waals surface area contributed by atoms with Crippen molar-refractivity contribution in [2.75, 3.05) is 0 Å². The molecular formula is C13H18N4O3. The van der Waals surface area contributed by atoms with Gasteiger partial charge in [-0.2, -0.15) is 0 Å². The Hall–Kier alpha value is -2.18. The summed E-state index contributed by atoms with van der Waals surface area (Å²) in [7, 11) is 1.72. The lowest BCUT2D eigenvalue weighted by Gasteiger charge is -2.06. The Morgan fingerprint density at radius 2 is 2.00 bits per heavy atom. The number of imidazole rings is 1. The van der Waals surface area contributed by atoms with Crippen molar-refractivity contribution in [1.29, 1.82) is 0 Å². The fourth-order valence-corrected chi connectivity index (χ4v) is 2.26. The van der Waals surface area contributed by atoms with Gasteiger partial charge in [0.2, 0.25) is 0 Å². The molecule has 2 heterocycles. The first kappa shape index (κ1) is 14.2. The van der Waals surface area contributed by atoms with Crippen LogP contribution in [-0.2, 0) is 18.4 Å². The highest BCUT2D eigenvalue weighted by molar-refractivity contribution is 5.69. The van der Waals surface area contributed by atoms with Crippen LogP contribution in [0, 0.1) is 0 Å². The fraction of sp³-hybridized carbons (Fsp3) is 0.538.